The number of nitro groups is 1. The van der Waals surface area contributed by atoms with E-state index in [1.807, 2.05) is 6.92 Å². The van der Waals surface area contributed by atoms with E-state index in [1.54, 1.807) is 13.0 Å². The normalized spacial score (nSPS) is 9.92. The van der Waals surface area contributed by atoms with Crippen molar-refractivity contribution < 1.29 is 4.92 Å². The average molecular weight is 183 g/mol. The van der Waals surface area contributed by atoms with Gasteiger partial charge in [0, 0.05) is 16.5 Å². The molecule has 0 saturated carbocycles. The lowest BCUT2D eigenvalue weighted by Crippen LogP contribution is -1.93. The Balaban J connectivity index is 3.36. The lowest BCUT2D eigenvalue weighted by molar-refractivity contribution is -0.385. The number of benzene rings is 1. The van der Waals surface area contributed by atoms with Crippen molar-refractivity contribution in [2.24, 2.45) is 0 Å². The molecule has 1 aromatic rings. The number of nitro benzene ring substituents is 1. The van der Waals surface area contributed by atoms with Crippen molar-refractivity contribution in [3.8, 4) is 0 Å². The molecule has 0 spiro atoms. The van der Waals surface area contributed by atoms with Gasteiger partial charge in [0.2, 0.25) is 0 Å². The summed E-state index contributed by atoms with van der Waals surface area (Å²) < 4.78 is 0. The molecule has 12 heavy (non-hydrogen) atoms. The number of thiol groups is 1. The molecular weight excluding hydrogens is 174 g/mol. The van der Waals surface area contributed by atoms with E-state index in [9.17, 15) is 10.1 Å². The molecule has 0 aliphatic heterocycles. The highest BCUT2D eigenvalue weighted by Crippen LogP contribution is 2.26. The minimum absolute atomic E-state index is 0.130. The van der Waals surface area contributed by atoms with Crippen molar-refractivity contribution in [3.63, 3.8) is 0 Å². The van der Waals surface area contributed by atoms with Gasteiger partial charge < -0.3 is 0 Å². The highest BCUT2D eigenvalue weighted by Gasteiger charge is 2.12. The largest absolute Gasteiger partial charge is 0.273 e. The molecule has 0 aliphatic rings. The average Bonchev–Trinajstić information content (AvgIpc) is 2.00. The SMILES string of the molecule is Cc1ccc([N+](=O)[O-])c(C)c1S. The topological polar surface area (TPSA) is 43.1 Å². The van der Waals surface area contributed by atoms with Gasteiger partial charge in [-0.15, -0.1) is 12.6 Å². The molecule has 0 heterocycles. The van der Waals surface area contributed by atoms with Gasteiger partial charge in [-0.1, -0.05) is 6.07 Å². The van der Waals surface area contributed by atoms with Crippen molar-refractivity contribution in [1.82, 2.24) is 0 Å². The third-order valence-corrected chi connectivity index (χ3v) is 2.49. The quantitative estimate of drug-likeness (QED) is 0.413. The van der Waals surface area contributed by atoms with E-state index >= 15 is 0 Å². The maximum atomic E-state index is 10.5. The Morgan fingerprint density at radius 1 is 1.42 bits per heavy atom. The van der Waals surface area contributed by atoms with E-state index < -0.39 is 4.92 Å². The van der Waals surface area contributed by atoms with Crippen LogP contribution in [-0.4, -0.2) is 4.92 Å². The summed E-state index contributed by atoms with van der Waals surface area (Å²) in [6, 6.07) is 3.21. The summed E-state index contributed by atoms with van der Waals surface area (Å²) in [5, 5.41) is 10.5. The Kier molecular flexibility index (Phi) is 2.38. The van der Waals surface area contributed by atoms with Crippen LogP contribution in [-0.2, 0) is 0 Å². The molecular formula is C8H9NO2S. The van der Waals surface area contributed by atoms with Gasteiger partial charge in [0.15, 0.2) is 0 Å². The molecule has 0 unspecified atom stereocenters. The molecule has 64 valence electrons. The lowest BCUT2D eigenvalue weighted by Gasteiger charge is -2.02. The molecule has 0 N–H and O–H groups in total. The Labute approximate surface area is 76.0 Å². The van der Waals surface area contributed by atoms with Crippen LogP contribution in [0, 0.1) is 24.0 Å². The van der Waals surface area contributed by atoms with Crippen LogP contribution in [0.2, 0.25) is 0 Å². The van der Waals surface area contributed by atoms with Gasteiger partial charge in [0.05, 0.1) is 4.92 Å². The minimum atomic E-state index is -0.394. The van der Waals surface area contributed by atoms with Crippen LogP contribution in [0.3, 0.4) is 0 Å². The van der Waals surface area contributed by atoms with Crippen LogP contribution in [0.4, 0.5) is 5.69 Å². The Hall–Kier alpha value is -1.03. The van der Waals surface area contributed by atoms with Crippen molar-refractivity contribution >= 4 is 18.3 Å². The highest BCUT2D eigenvalue weighted by atomic mass is 32.1. The van der Waals surface area contributed by atoms with Crippen LogP contribution >= 0.6 is 12.6 Å². The lowest BCUT2D eigenvalue weighted by atomic mass is 10.1. The molecule has 0 bridgehead atoms. The van der Waals surface area contributed by atoms with Gasteiger partial charge in [0.1, 0.15) is 0 Å². The maximum absolute atomic E-state index is 10.5. The first-order valence-corrected chi connectivity index (χ1v) is 3.92. The summed E-state index contributed by atoms with van der Waals surface area (Å²) in [5.41, 5.74) is 1.72. The van der Waals surface area contributed by atoms with E-state index in [0.29, 0.717) is 10.5 Å². The van der Waals surface area contributed by atoms with Gasteiger partial charge in [-0.25, -0.2) is 0 Å². The molecule has 3 nitrogen and oxygen atoms in total. The molecule has 0 aliphatic carbocycles. The van der Waals surface area contributed by atoms with Gasteiger partial charge in [0.25, 0.3) is 5.69 Å². The van der Waals surface area contributed by atoms with E-state index in [4.69, 9.17) is 0 Å². The molecule has 1 aromatic carbocycles. The molecule has 0 fully saturated rings. The first-order chi connectivity index (χ1) is 5.54. The third-order valence-electron chi connectivity index (χ3n) is 1.80. The monoisotopic (exact) mass is 183 g/mol. The zero-order chi connectivity index (χ0) is 9.30. The van der Waals surface area contributed by atoms with Gasteiger partial charge in [-0.05, 0) is 19.4 Å². The second kappa shape index (κ2) is 3.15. The fourth-order valence-electron chi connectivity index (χ4n) is 1.02. The number of hydrogen-bond donors (Lipinski definition) is 1. The zero-order valence-corrected chi connectivity index (χ0v) is 7.76. The first-order valence-electron chi connectivity index (χ1n) is 3.47. The molecule has 0 atom stereocenters. The van der Waals surface area contributed by atoms with Crippen LogP contribution < -0.4 is 0 Å². The summed E-state index contributed by atoms with van der Waals surface area (Å²) in [4.78, 5) is 10.8. The summed E-state index contributed by atoms with van der Waals surface area (Å²) in [7, 11) is 0. The highest BCUT2D eigenvalue weighted by molar-refractivity contribution is 7.80. The number of nitrogens with zero attached hydrogens (tertiary/aromatic N) is 1. The van der Waals surface area contributed by atoms with Crippen molar-refractivity contribution in [3.05, 3.63) is 33.4 Å². The first kappa shape index (κ1) is 9.06. The molecule has 0 saturated heterocycles. The molecule has 0 aromatic heterocycles. The predicted octanol–water partition coefficient (Wildman–Crippen LogP) is 2.50. The fourth-order valence-corrected chi connectivity index (χ4v) is 1.21. The molecule has 4 heteroatoms. The van der Waals surface area contributed by atoms with Crippen LogP contribution in [0.25, 0.3) is 0 Å². The van der Waals surface area contributed by atoms with Crippen LogP contribution in [0.5, 0.6) is 0 Å². The van der Waals surface area contributed by atoms with E-state index in [2.05, 4.69) is 12.6 Å². The summed E-state index contributed by atoms with van der Waals surface area (Å²) in [6.07, 6.45) is 0. The van der Waals surface area contributed by atoms with E-state index in [0.717, 1.165) is 5.56 Å². The molecule has 0 amide bonds. The van der Waals surface area contributed by atoms with Crippen molar-refractivity contribution in [2.75, 3.05) is 0 Å². The smallest absolute Gasteiger partial charge is 0.258 e. The second-order valence-electron chi connectivity index (χ2n) is 2.63. The molecule has 1 rings (SSSR count). The van der Waals surface area contributed by atoms with Gasteiger partial charge >= 0.3 is 0 Å². The van der Waals surface area contributed by atoms with E-state index in [1.165, 1.54) is 6.07 Å². The van der Waals surface area contributed by atoms with Crippen molar-refractivity contribution in [2.45, 2.75) is 18.7 Å². The van der Waals surface area contributed by atoms with Gasteiger partial charge in [-0.2, -0.15) is 0 Å². The summed E-state index contributed by atoms with van der Waals surface area (Å²) in [6.45, 7) is 3.58. The number of rotatable bonds is 1. The zero-order valence-electron chi connectivity index (χ0n) is 6.87. The van der Waals surface area contributed by atoms with Crippen LogP contribution in [0.1, 0.15) is 11.1 Å². The Morgan fingerprint density at radius 2 is 2.00 bits per heavy atom. The Bertz CT molecular complexity index is 336. The standard InChI is InChI=1S/C8H9NO2S/c1-5-3-4-7(9(10)11)6(2)8(5)12/h3-4,12H,1-2H3. The fraction of sp³-hybridized carbons (Fsp3) is 0.250. The summed E-state index contributed by atoms with van der Waals surface area (Å²) >= 11 is 4.17. The second-order valence-corrected chi connectivity index (χ2v) is 3.08. The van der Waals surface area contributed by atoms with E-state index in [-0.39, 0.29) is 5.69 Å². The minimum Gasteiger partial charge on any atom is -0.258 e. The van der Waals surface area contributed by atoms with Gasteiger partial charge in [-0.3, -0.25) is 10.1 Å². The number of hydrogen-bond acceptors (Lipinski definition) is 3. The number of aryl methyl sites for hydroxylation is 1. The third kappa shape index (κ3) is 1.43. The maximum Gasteiger partial charge on any atom is 0.273 e. The predicted molar refractivity (Wildman–Crippen MR) is 49.8 cm³/mol. The molecule has 0 radical (unpaired) electrons. The van der Waals surface area contributed by atoms with Crippen molar-refractivity contribution in [1.29, 1.82) is 0 Å². The summed E-state index contributed by atoms with van der Waals surface area (Å²) in [5.74, 6) is 0. The van der Waals surface area contributed by atoms with Crippen LogP contribution in [0.15, 0.2) is 17.0 Å². The Morgan fingerprint density at radius 3 is 2.50 bits per heavy atom.